The average molecular weight is 493 g/mol. The molecule has 1 aromatic heterocycles. The molecule has 2 aromatic carbocycles. The van der Waals surface area contributed by atoms with Gasteiger partial charge in [-0.25, -0.2) is 9.79 Å². The Hall–Kier alpha value is -3.98. The molecule has 1 aliphatic rings. The van der Waals surface area contributed by atoms with Crippen LogP contribution in [0.3, 0.4) is 0 Å². The molecule has 8 nitrogen and oxygen atoms in total. The van der Waals surface area contributed by atoms with Gasteiger partial charge >= 0.3 is 11.9 Å². The highest BCUT2D eigenvalue weighted by Crippen LogP contribution is 2.31. The number of para-hydroxylation sites is 1. The molecule has 0 N–H and O–H groups in total. The third-order valence-corrected chi connectivity index (χ3v) is 6.39. The molecule has 1 atom stereocenters. The second kappa shape index (κ2) is 10.1. The van der Waals surface area contributed by atoms with Crippen molar-refractivity contribution in [3.05, 3.63) is 90.6 Å². The van der Waals surface area contributed by atoms with E-state index in [4.69, 9.17) is 14.2 Å². The van der Waals surface area contributed by atoms with Crippen molar-refractivity contribution in [3.8, 4) is 11.5 Å². The lowest BCUT2D eigenvalue weighted by Crippen LogP contribution is -2.39. The minimum absolute atomic E-state index is 0.197. The highest BCUT2D eigenvalue weighted by Gasteiger charge is 2.33. The molecule has 35 heavy (non-hydrogen) atoms. The van der Waals surface area contributed by atoms with Crippen LogP contribution >= 0.6 is 11.3 Å². The van der Waals surface area contributed by atoms with Crippen LogP contribution in [-0.2, 0) is 14.3 Å². The number of fused-ring (bicyclic) bond motifs is 1. The van der Waals surface area contributed by atoms with Crippen LogP contribution in [0.2, 0.25) is 0 Å². The third kappa shape index (κ3) is 4.81. The summed E-state index contributed by atoms with van der Waals surface area (Å²) >= 11 is 1.20. The van der Waals surface area contributed by atoms with Crippen molar-refractivity contribution in [2.24, 2.45) is 4.99 Å². The van der Waals surface area contributed by atoms with Gasteiger partial charge in [-0.2, -0.15) is 0 Å². The number of methoxy groups -OCH3 is 1. The molecule has 2 heterocycles. The minimum Gasteiger partial charge on any atom is -0.497 e. The topological polar surface area (TPSA) is 96.2 Å². The van der Waals surface area contributed by atoms with Crippen LogP contribution < -0.4 is 24.4 Å². The van der Waals surface area contributed by atoms with E-state index in [0.29, 0.717) is 37.7 Å². The van der Waals surface area contributed by atoms with E-state index >= 15 is 0 Å². The quantitative estimate of drug-likeness (QED) is 0.388. The van der Waals surface area contributed by atoms with Gasteiger partial charge in [-0.3, -0.25) is 14.2 Å². The summed E-state index contributed by atoms with van der Waals surface area (Å²) in [6, 6.07) is 13.4. The second-order valence-electron chi connectivity index (χ2n) is 7.71. The third-order valence-electron chi connectivity index (χ3n) is 5.41. The molecule has 0 amide bonds. The number of rotatable bonds is 6. The average Bonchev–Trinajstić information content (AvgIpc) is 3.13. The fraction of sp³-hybridized carbons (Fsp3) is 0.231. The molecule has 0 saturated heterocycles. The molecule has 0 spiro atoms. The zero-order chi connectivity index (χ0) is 25.1. The first-order valence-electron chi connectivity index (χ1n) is 10.9. The van der Waals surface area contributed by atoms with E-state index < -0.39 is 18.0 Å². The van der Waals surface area contributed by atoms with Crippen LogP contribution in [0, 0.1) is 0 Å². The molecule has 180 valence electrons. The SMILES string of the molecule is CCOC(=O)C1=C(C)N=c2s/c(=C\c3ccccc3OC(C)=O)c(=O)n2[C@@H]1c1ccc(OC)cc1. The second-order valence-corrected chi connectivity index (χ2v) is 8.72. The number of allylic oxidation sites excluding steroid dienone is 1. The number of ether oxygens (including phenoxy) is 3. The van der Waals surface area contributed by atoms with Gasteiger partial charge in [-0.15, -0.1) is 0 Å². The summed E-state index contributed by atoms with van der Waals surface area (Å²) in [6.45, 7) is 4.98. The first-order chi connectivity index (χ1) is 16.8. The standard InChI is InChI=1S/C26H24N2O6S/c1-5-33-25(31)22-15(2)27-26-28(23(22)17-10-12-19(32-4)13-11-17)24(30)21(35-26)14-18-8-6-7-9-20(18)34-16(3)29/h6-14,23H,5H2,1-4H3/b21-14-/t23-/m1/s1. The van der Waals surface area contributed by atoms with E-state index in [1.54, 1.807) is 63.4 Å². The summed E-state index contributed by atoms with van der Waals surface area (Å²) < 4.78 is 17.8. The van der Waals surface area contributed by atoms with Gasteiger partial charge in [0.25, 0.3) is 5.56 Å². The first kappa shape index (κ1) is 24.2. The van der Waals surface area contributed by atoms with Crippen LogP contribution in [0.1, 0.15) is 37.9 Å². The van der Waals surface area contributed by atoms with E-state index in [0.717, 1.165) is 5.56 Å². The van der Waals surface area contributed by atoms with Crippen molar-refractivity contribution >= 4 is 29.4 Å². The van der Waals surface area contributed by atoms with Crippen molar-refractivity contribution in [2.75, 3.05) is 13.7 Å². The Morgan fingerprint density at radius 1 is 1.14 bits per heavy atom. The fourth-order valence-electron chi connectivity index (χ4n) is 3.88. The summed E-state index contributed by atoms with van der Waals surface area (Å²) in [5.41, 5.74) is 1.77. The highest BCUT2D eigenvalue weighted by atomic mass is 32.1. The Morgan fingerprint density at radius 3 is 2.51 bits per heavy atom. The van der Waals surface area contributed by atoms with Crippen LogP contribution in [0.5, 0.6) is 11.5 Å². The molecule has 0 bridgehead atoms. The van der Waals surface area contributed by atoms with Gasteiger partial charge in [0.05, 0.1) is 35.6 Å². The zero-order valence-electron chi connectivity index (χ0n) is 19.7. The van der Waals surface area contributed by atoms with Gasteiger partial charge in [-0.05, 0) is 43.7 Å². The molecule has 0 unspecified atom stereocenters. The van der Waals surface area contributed by atoms with Crippen LogP contribution in [0.25, 0.3) is 6.08 Å². The number of nitrogens with zero attached hydrogens (tertiary/aromatic N) is 2. The van der Waals surface area contributed by atoms with E-state index in [-0.39, 0.29) is 12.2 Å². The van der Waals surface area contributed by atoms with Crippen LogP contribution in [0.4, 0.5) is 0 Å². The lowest BCUT2D eigenvalue weighted by atomic mass is 9.96. The van der Waals surface area contributed by atoms with E-state index in [9.17, 15) is 14.4 Å². The molecule has 0 saturated carbocycles. The number of aromatic nitrogens is 1. The predicted octanol–water partition coefficient (Wildman–Crippen LogP) is 2.73. The maximum atomic E-state index is 13.7. The summed E-state index contributed by atoms with van der Waals surface area (Å²) in [5, 5.41) is 0. The number of esters is 2. The normalized spacial score (nSPS) is 15.3. The zero-order valence-corrected chi connectivity index (χ0v) is 20.5. The van der Waals surface area contributed by atoms with Gasteiger partial charge in [0.2, 0.25) is 0 Å². The summed E-state index contributed by atoms with van der Waals surface area (Å²) in [5.74, 6) is 0.0214. The van der Waals surface area contributed by atoms with Gasteiger partial charge < -0.3 is 14.2 Å². The number of hydrogen-bond donors (Lipinski definition) is 0. The molecule has 9 heteroatoms. The number of carbonyl (C=O) groups excluding carboxylic acids is 2. The minimum atomic E-state index is -0.720. The Morgan fingerprint density at radius 2 is 1.86 bits per heavy atom. The van der Waals surface area contributed by atoms with Crippen molar-refractivity contribution in [3.63, 3.8) is 0 Å². The van der Waals surface area contributed by atoms with Gasteiger partial charge in [0, 0.05) is 12.5 Å². The molecule has 0 radical (unpaired) electrons. The Labute approximate surface area is 205 Å². The van der Waals surface area contributed by atoms with Crippen LogP contribution in [-0.4, -0.2) is 30.2 Å². The monoisotopic (exact) mass is 492 g/mol. The predicted molar refractivity (Wildman–Crippen MR) is 131 cm³/mol. The lowest BCUT2D eigenvalue weighted by molar-refractivity contribution is -0.139. The number of benzene rings is 2. The molecule has 0 fully saturated rings. The maximum absolute atomic E-state index is 13.7. The lowest BCUT2D eigenvalue weighted by Gasteiger charge is -2.24. The van der Waals surface area contributed by atoms with Crippen LogP contribution in [0.15, 0.2) is 69.6 Å². The first-order valence-corrected chi connectivity index (χ1v) is 11.8. The summed E-state index contributed by atoms with van der Waals surface area (Å²) in [6.07, 6.45) is 1.66. The molecule has 3 aromatic rings. The molecule has 0 aliphatic carbocycles. The molecule has 1 aliphatic heterocycles. The largest absolute Gasteiger partial charge is 0.497 e. The van der Waals surface area contributed by atoms with E-state index in [1.807, 2.05) is 12.1 Å². The molecular formula is C26H24N2O6S. The van der Waals surface area contributed by atoms with Gasteiger partial charge in [0.15, 0.2) is 4.80 Å². The smallest absolute Gasteiger partial charge is 0.338 e. The van der Waals surface area contributed by atoms with Crippen molar-refractivity contribution in [1.82, 2.24) is 4.57 Å². The summed E-state index contributed by atoms with van der Waals surface area (Å²) in [4.78, 5) is 43.1. The molecule has 4 rings (SSSR count). The Kier molecular flexibility index (Phi) is 6.97. The van der Waals surface area contributed by atoms with Gasteiger partial charge in [-0.1, -0.05) is 41.7 Å². The van der Waals surface area contributed by atoms with Gasteiger partial charge in [0.1, 0.15) is 11.5 Å². The Bertz CT molecular complexity index is 1500. The van der Waals surface area contributed by atoms with E-state index in [2.05, 4.69) is 4.99 Å². The highest BCUT2D eigenvalue weighted by molar-refractivity contribution is 7.07. The maximum Gasteiger partial charge on any atom is 0.338 e. The van der Waals surface area contributed by atoms with E-state index in [1.165, 1.54) is 22.8 Å². The number of thiazole rings is 1. The number of carbonyl (C=O) groups is 2. The molecular weight excluding hydrogens is 468 g/mol. The Balaban J connectivity index is 1.93. The fourth-order valence-corrected chi connectivity index (χ4v) is 4.92. The van der Waals surface area contributed by atoms with Crippen molar-refractivity contribution in [2.45, 2.75) is 26.8 Å². The van der Waals surface area contributed by atoms with Crippen molar-refractivity contribution in [1.29, 1.82) is 0 Å². The summed E-state index contributed by atoms with van der Waals surface area (Å²) in [7, 11) is 1.57. The van der Waals surface area contributed by atoms with Crippen molar-refractivity contribution < 1.29 is 23.8 Å². The number of hydrogen-bond acceptors (Lipinski definition) is 8.